The van der Waals surface area contributed by atoms with Crippen LogP contribution in [0, 0.1) is 6.92 Å². The minimum atomic E-state index is -3.61. The van der Waals surface area contributed by atoms with Gasteiger partial charge in [-0.1, -0.05) is 48.9 Å². The first-order valence-corrected chi connectivity index (χ1v) is 11.9. The summed E-state index contributed by atoms with van der Waals surface area (Å²) in [7, 11) is -3.61. The van der Waals surface area contributed by atoms with Crippen LogP contribution in [0.5, 0.6) is 0 Å². The van der Waals surface area contributed by atoms with Gasteiger partial charge in [0, 0.05) is 24.3 Å². The number of aryl methyl sites for hydroxylation is 2. The van der Waals surface area contributed by atoms with Crippen LogP contribution in [0.1, 0.15) is 39.5 Å². The number of sulfonamides is 1. The van der Waals surface area contributed by atoms with Gasteiger partial charge < -0.3 is 4.90 Å². The first-order valence-electron chi connectivity index (χ1n) is 10.5. The maximum absolute atomic E-state index is 13.0. The average molecular weight is 435 g/mol. The molecule has 0 spiro atoms. The van der Waals surface area contributed by atoms with Crippen molar-refractivity contribution in [2.45, 2.75) is 38.1 Å². The van der Waals surface area contributed by atoms with Crippen molar-refractivity contribution in [3.05, 3.63) is 94.5 Å². The number of hydrogen-bond donors (Lipinski definition) is 1. The van der Waals surface area contributed by atoms with Crippen molar-refractivity contribution < 1.29 is 13.2 Å². The number of hydrogen-bond acceptors (Lipinski definition) is 3. The predicted octanol–water partition coefficient (Wildman–Crippen LogP) is 4.24. The van der Waals surface area contributed by atoms with Crippen LogP contribution < -0.4 is 9.62 Å². The molecule has 160 valence electrons. The van der Waals surface area contributed by atoms with E-state index in [9.17, 15) is 13.2 Å². The smallest absolute Gasteiger partial charge is 0.258 e. The Morgan fingerprint density at radius 1 is 0.968 bits per heavy atom. The molecule has 6 heteroatoms. The van der Waals surface area contributed by atoms with Crippen LogP contribution in [-0.2, 0) is 29.4 Å². The van der Waals surface area contributed by atoms with E-state index in [0.717, 1.165) is 40.8 Å². The van der Waals surface area contributed by atoms with Crippen molar-refractivity contribution in [2.75, 3.05) is 11.4 Å². The van der Waals surface area contributed by atoms with Gasteiger partial charge >= 0.3 is 0 Å². The summed E-state index contributed by atoms with van der Waals surface area (Å²) in [6, 6.07) is 20.3. The second kappa shape index (κ2) is 8.65. The van der Waals surface area contributed by atoms with Crippen LogP contribution in [0.25, 0.3) is 0 Å². The number of carbonyl (C=O) groups is 1. The molecule has 0 atom stereocenters. The van der Waals surface area contributed by atoms with E-state index >= 15 is 0 Å². The monoisotopic (exact) mass is 434 g/mol. The Labute approximate surface area is 183 Å². The van der Waals surface area contributed by atoms with Crippen LogP contribution in [0.15, 0.2) is 71.6 Å². The lowest BCUT2D eigenvalue weighted by molar-refractivity contribution is 0.0989. The highest BCUT2D eigenvalue weighted by Crippen LogP contribution is 2.30. The molecule has 0 aromatic heterocycles. The molecule has 1 amide bonds. The Balaban J connectivity index is 1.50. The number of nitrogens with one attached hydrogen (secondary N) is 1. The van der Waals surface area contributed by atoms with Crippen molar-refractivity contribution in [1.82, 2.24) is 4.72 Å². The zero-order valence-corrected chi connectivity index (χ0v) is 18.6. The molecule has 0 saturated heterocycles. The van der Waals surface area contributed by atoms with Gasteiger partial charge in [-0.15, -0.1) is 0 Å². The standard InChI is InChI=1S/C25H26N2O3S/c1-3-19-7-12-23(13-8-19)31(29,30)26-17-20-6-11-21-14-15-27(24(21)16-20)25(28)22-9-4-18(2)5-10-22/h4-13,16,26H,3,14-15,17H2,1-2H3. The van der Waals surface area contributed by atoms with Gasteiger partial charge in [-0.05, 0) is 66.8 Å². The fourth-order valence-electron chi connectivity index (χ4n) is 3.76. The zero-order chi connectivity index (χ0) is 22.0. The lowest BCUT2D eigenvalue weighted by atomic mass is 10.1. The number of carbonyl (C=O) groups excluding carboxylic acids is 1. The third-order valence-electron chi connectivity index (χ3n) is 5.70. The maximum atomic E-state index is 13.0. The van der Waals surface area contributed by atoms with Crippen LogP contribution >= 0.6 is 0 Å². The van der Waals surface area contributed by atoms with E-state index < -0.39 is 10.0 Å². The molecule has 4 rings (SSSR count). The van der Waals surface area contributed by atoms with Gasteiger partial charge in [-0.25, -0.2) is 13.1 Å². The van der Waals surface area contributed by atoms with Gasteiger partial charge in [0.05, 0.1) is 4.90 Å². The van der Waals surface area contributed by atoms with Crippen molar-refractivity contribution in [3.63, 3.8) is 0 Å². The summed E-state index contributed by atoms with van der Waals surface area (Å²) < 4.78 is 28.0. The number of benzene rings is 3. The van der Waals surface area contributed by atoms with Crippen LogP contribution in [0.3, 0.4) is 0 Å². The molecule has 0 radical (unpaired) electrons. The minimum Gasteiger partial charge on any atom is -0.308 e. The number of anilines is 1. The average Bonchev–Trinajstić information content (AvgIpc) is 3.21. The molecule has 5 nitrogen and oxygen atoms in total. The summed E-state index contributed by atoms with van der Waals surface area (Å²) >= 11 is 0. The van der Waals surface area contributed by atoms with E-state index in [1.807, 2.05) is 68.4 Å². The summed E-state index contributed by atoms with van der Waals surface area (Å²) in [5.41, 5.74) is 5.63. The third kappa shape index (κ3) is 4.55. The van der Waals surface area contributed by atoms with Crippen molar-refractivity contribution >= 4 is 21.6 Å². The fraction of sp³-hybridized carbons (Fsp3) is 0.240. The molecule has 3 aromatic rings. The van der Waals surface area contributed by atoms with Gasteiger partial charge in [-0.3, -0.25) is 4.79 Å². The highest BCUT2D eigenvalue weighted by Gasteiger charge is 2.26. The number of amides is 1. The first-order chi connectivity index (χ1) is 14.9. The fourth-order valence-corrected chi connectivity index (χ4v) is 4.78. The molecule has 1 N–H and O–H groups in total. The lowest BCUT2D eigenvalue weighted by Gasteiger charge is -2.18. The molecule has 0 aliphatic carbocycles. The highest BCUT2D eigenvalue weighted by atomic mass is 32.2. The van der Waals surface area contributed by atoms with Crippen LogP contribution in [0.2, 0.25) is 0 Å². The molecule has 3 aromatic carbocycles. The summed E-state index contributed by atoms with van der Waals surface area (Å²) in [6.45, 7) is 4.81. The van der Waals surface area contributed by atoms with E-state index in [2.05, 4.69) is 4.72 Å². The molecule has 31 heavy (non-hydrogen) atoms. The molecule has 1 aliphatic rings. The second-order valence-corrected chi connectivity index (χ2v) is 9.62. The summed E-state index contributed by atoms with van der Waals surface area (Å²) in [4.78, 5) is 15.0. The zero-order valence-electron chi connectivity index (χ0n) is 17.8. The third-order valence-corrected chi connectivity index (χ3v) is 7.11. The Hall–Kier alpha value is -2.96. The molecule has 1 heterocycles. The molecule has 0 bridgehead atoms. The molecule has 0 unspecified atom stereocenters. The van der Waals surface area contributed by atoms with E-state index in [4.69, 9.17) is 0 Å². The summed E-state index contributed by atoms with van der Waals surface area (Å²) in [5.74, 6) is -0.0347. The van der Waals surface area contributed by atoms with Crippen LogP contribution in [0.4, 0.5) is 5.69 Å². The minimum absolute atomic E-state index is 0.0347. The maximum Gasteiger partial charge on any atom is 0.258 e. The van der Waals surface area contributed by atoms with E-state index in [1.54, 1.807) is 17.0 Å². The van der Waals surface area contributed by atoms with Gasteiger partial charge in [0.1, 0.15) is 0 Å². The SMILES string of the molecule is CCc1ccc(S(=O)(=O)NCc2ccc3c(c2)N(C(=O)c2ccc(C)cc2)CC3)cc1. The topological polar surface area (TPSA) is 66.5 Å². The van der Waals surface area contributed by atoms with Crippen molar-refractivity contribution in [3.8, 4) is 0 Å². The summed E-state index contributed by atoms with van der Waals surface area (Å²) in [5, 5.41) is 0. The molecule has 0 fully saturated rings. The number of rotatable bonds is 6. The lowest BCUT2D eigenvalue weighted by Crippen LogP contribution is -2.29. The Bertz CT molecular complexity index is 1200. The van der Waals surface area contributed by atoms with E-state index in [0.29, 0.717) is 12.1 Å². The van der Waals surface area contributed by atoms with Crippen molar-refractivity contribution in [2.24, 2.45) is 0 Å². The van der Waals surface area contributed by atoms with Gasteiger partial charge in [0.15, 0.2) is 0 Å². The second-order valence-electron chi connectivity index (χ2n) is 7.86. The van der Waals surface area contributed by atoms with Gasteiger partial charge in [0.2, 0.25) is 10.0 Å². The van der Waals surface area contributed by atoms with Gasteiger partial charge in [-0.2, -0.15) is 0 Å². The Kier molecular flexibility index (Phi) is 5.94. The molecular formula is C25H26N2O3S. The number of nitrogens with zero attached hydrogens (tertiary/aromatic N) is 1. The quantitative estimate of drug-likeness (QED) is 0.631. The van der Waals surface area contributed by atoms with E-state index in [-0.39, 0.29) is 17.3 Å². The normalized spacial score (nSPS) is 13.3. The largest absolute Gasteiger partial charge is 0.308 e. The highest BCUT2D eigenvalue weighted by molar-refractivity contribution is 7.89. The number of fused-ring (bicyclic) bond motifs is 1. The van der Waals surface area contributed by atoms with E-state index in [1.165, 1.54) is 0 Å². The Morgan fingerprint density at radius 2 is 1.65 bits per heavy atom. The predicted molar refractivity (Wildman–Crippen MR) is 123 cm³/mol. The van der Waals surface area contributed by atoms with Gasteiger partial charge in [0.25, 0.3) is 5.91 Å². The Morgan fingerprint density at radius 3 is 2.32 bits per heavy atom. The molecule has 1 aliphatic heterocycles. The molecule has 0 saturated carbocycles. The molecular weight excluding hydrogens is 408 g/mol. The first kappa shape index (κ1) is 21.3. The van der Waals surface area contributed by atoms with Crippen molar-refractivity contribution in [1.29, 1.82) is 0 Å². The summed E-state index contributed by atoms with van der Waals surface area (Å²) in [6.07, 6.45) is 1.66. The van der Waals surface area contributed by atoms with Crippen LogP contribution in [-0.4, -0.2) is 20.9 Å².